The predicted octanol–water partition coefficient (Wildman–Crippen LogP) is 5.19. The zero-order chi connectivity index (χ0) is 13.7. The lowest BCUT2D eigenvalue weighted by Gasteiger charge is -2.25. The van der Waals surface area contributed by atoms with E-state index >= 15 is 0 Å². The number of rotatable bonds is 6. The van der Waals surface area contributed by atoms with Crippen LogP contribution in [0.2, 0.25) is 0 Å². The molecule has 2 rings (SSSR count). The maximum atomic E-state index is 3.78. The van der Waals surface area contributed by atoms with E-state index in [2.05, 4.69) is 73.9 Å². The molecule has 2 atom stereocenters. The zero-order valence-electron chi connectivity index (χ0n) is 12.0. The lowest BCUT2D eigenvalue weighted by atomic mass is 9.96. The number of hydrogen-bond acceptors (Lipinski definition) is 2. The predicted molar refractivity (Wildman–Crippen MR) is 84.5 cm³/mol. The van der Waals surface area contributed by atoms with Crippen LogP contribution in [-0.2, 0) is 0 Å². The molecule has 0 spiro atoms. The molecule has 1 aromatic carbocycles. The van der Waals surface area contributed by atoms with Crippen molar-refractivity contribution < 1.29 is 0 Å². The van der Waals surface area contributed by atoms with Crippen LogP contribution in [0.4, 0.5) is 0 Å². The normalized spacial score (nSPS) is 14.5. The van der Waals surface area contributed by atoms with Crippen molar-refractivity contribution >= 4 is 11.3 Å². The highest BCUT2D eigenvalue weighted by Gasteiger charge is 2.16. The van der Waals surface area contributed by atoms with Gasteiger partial charge in [0.25, 0.3) is 0 Å². The van der Waals surface area contributed by atoms with Crippen LogP contribution in [-0.4, -0.2) is 0 Å². The van der Waals surface area contributed by atoms with E-state index in [4.69, 9.17) is 0 Å². The molecular weight excluding hydrogens is 250 g/mol. The van der Waals surface area contributed by atoms with Gasteiger partial charge < -0.3 is 5.32 Å². The first kappa shape index (κ1) is 14.3. The molecule has 0 saturated heterocycles. The third kappa shape index (κ3) is 4.19. The Labute approximate surface area is 120 Å². The smallest absolute Gasteiger partial charge is 0.0391 e. The van der Waals surface area contributed by atoms with E-state index in [-0.39, 0.29) is 0 Å². The summed E-state index contributed by atoms with van der Waals surface area (Å²) in [7, 11) is 0. The minimum Gasteiger partial charge on any atom is -0.303 e. The standard InChI is InChI=1S/C17H23NS/c1-13(2)12-16(15-8-5-4-6-9-15)18-14(3)17-10-7-11-19-17/h4-11,13-14,16,18H,12H2,1-3H3/t14-,16?/m1/s1. The molecule has 0 aliphatic heterocycles. The summed E-state index contributed by atoms with van der Waals surface area (Å²) in [6, 6.07) is 15.9. The van der Waals surface area contributed by atoms with E-state index in [0.717, 1.165) is 0 Å². The molecule has 0 radical (unpaired) electrons. The fraction of sp³-hybridized carbons (Fsp3) is 0.412. The Morgan fingerprint density at radius 2 is 1.74 bits per heavy atom. The van der Waals surface area contributed by atoms with Gasteiger partial charge in [0.1, 0.15) is 0 Å². The second-order valence-electron chi connectivity index (χ2n) is 5.50. The summed E-state index contributed by atoms with van der Waals surface area (Å²) >= 11 is 1.82. The molecule has 1 unspecified atom stereocenters. The van der Waals surface area contributed by atoms with Crippen LogP contribution in [0.25, 0.3) is 0 Å². The van der Waals surface area contributed by atoms with Gasteiger partial charge in [-0.05, 0) is 36.3 Å². The van der Waals surface area contributed by atoms with E-state index in [1.54, 1.807) is 0 Å². The van der Waals surface area contributed by atoms with Gasteiger partial charge in [-0.25, -0.2) is 0 Å². The number of benzene rings is 1. The molecule has 0 aliphatic rings. The maximum absolute atomic E-state index is 3.78. The van der Waals surface area contributed by atoms with Crippen molar-refractivity contribution in [1.82, 2.24) is 5.32 Å². The highest BCUT2D eigenvalue weighted by Crippen LogP contribution is 2.26. The number of hydrogen-bond donors (Lipinski definition) is 1. The minimum absolute atomic E-state index is 0.406. The SMILES string of the molecule is CC(C)CC(N[C@H](C)c1cccs1)c1ccccc1. The van der Waals surface area contributed by atoms with Gasteiger partial charge in [-0.2, -0.15) is 0 Å². The lowest BCUT2D eigenvalue weighted by Crippen LogP contribution is -2.25. The third-order valence-electron chi connectivity index (χ3n) is 3.33. The van der Waals surface area contributed by atoms with E-state index in [0.29, 0.717) is 18.0 Å². The van der Waals surface area contributed by atoms with Crippen LogP contribution in [0.15, 0.2) is 47.8 Å². The van der Waals surface area contributed by atoms with E-state index in [1.165, 1.54) is 16.9 Å². The van der Waals surface area contributed by atoms with Gasteiger partial charge in [0.05, 0.1) is 0 Å². The Bertz CT molecular complexity index is 461. The van der Waals surface area contributed by atoms with Gasteiger partial charge in [0.15, 0.2) is 0 Å². The van der Waals surface area contributed by atoms with Crippen molar-refractivity contribution in [3.8, 4) is 0 Å². The average molecular weight is 273 g/mol. The first-order valence-electron chi connectivity index (χ1n) is 7.01. The van der Waals surface area contributed by atoms with Crippen LogP contribution in [0, 0.1) is 5.92 Å². The summed E-state index contributed by atoms with van der Waals surface area (Å²) < 4.78 is 0. The Morgan fingerprint density at radius 1 is 1.00 bits per heavy atom. The van der Waals surface area contributed by atoms with Crippen molar-refractivity contribution in [2.45, 2.75) is 39.3 Å². The van der Waals surface area contributed by atoms with E-state index < -0.39 is 0 Å². The van der Waals surface area contributed by atoms with E-state index in [9.17, 15) is 0 Å². The Balaban J connectivity index is 2.10. The molecular formula is C17H23NS. The van der Waals surface area contributed by atoms with Crippen LogP contribution in [0.3, 0.4) is 0 Å². The van der Waals surface area contributed by atoms with Gasteiger partial charge in [0.2, 0.25) is 0 Å². The molecule has 102 valence electrons. The second-order valence-corrected chi connectivity index (χ2v) is 6.48. The Kier molecular flexibility index (Phi) is 5.17. The molecule has 1 nitrogen and oxygen atoms in total. The molecule has 0 aliphatic carbocycles. The highest BCUT2D eigenvalue weighted by atomic mass is 32.1. The summed E-state index contributed by atoms with van der Waals surface area (Å²) in [4.78, 5) is 1.41. The van der Waals surface area contributed by atoms with Crippen molar-refractivity contribution in [3.05, 3.63) is 58.3 Å². The summed E-state index contributed by atoms with van der Waals surface area (Å²) in [6.45, 7) is 6.82. The van der Waals surface area contributed by atoms with Gasteiger partial charge >= 0.3 is 0 Å². The van der Waals surface area contributed by atoms with Gasteiger partial charge in [-0.15, -0.1) is 11.3 Å². The van der Waals surface area contributed by atoms with Crippen LogP contribution in [0.1, 0.15) is 49.7 Å². The third-order valence-corrected chi connectivity index (χ3v) is 4.39. The molecule has 1 N–H and O–H groups in total. The number of nitrogens with one attached hydrogen (secondary N) is 1. The zero-order valence-corrected chi connectivity index (χ0v) is 12.8. The molecule has 1 aromatic heterocycles. The average Bonchev–Trinajstić information content (AvgIpc) is 2.92. The van der Waals surface area contributed by atoms with Crippen LogP contribution in [0.5, 0.6) is 0 Å². The van der Waals surface area contributed by atoms with Crippen LogP contribution < -0.4 is 5.32 Å². The second kappa shape index (κ2) is 6.88. The molecule has 0 amide bonds. The first-order valence-corrected chi connectivity index (χ1v) is 7.89. The molecule has 0 saturated carbocycles. The van der Waals surface area contributed by atoms with Gasteiger partial charge in [0, 0.05) is 17.0 Å². The summed E-state index contributed by atoms with van der Waals surface area (Å²) in [5.74, 6) is 0.688. The highest BCUT2D eigenvalue weighted by molar-refractivity contribution is 7.10. The summed E-state index contributed by atoms with van der Waals surface area (Å²) in [5, 5.41) is 5.92. The fourth-order valence-corrected chi connectivity index (χ4v) is 3.12. The monoisotopic (exact) mass is 273 g/mol. The largest absolute Gasteiger partial charge is 0.303 e. The van der Waals surface area contributed by atoms with Crippen molar-refractivity contribution in [3.63, 3.8) is 0 Å². The Morgan fingerprint density at radius 3 is 2.32 bits per heavy atom. The molecule has 0 fully saturated rings. The van der Waals surface area contributed by atoms with Gasteiger partial charge in [-0.1, -0.05) is 50.2 Å². The van der Waals surface area contributed by atoms with Gasteiger partial charge in [-0.3, -0.25) is 0 Å². The molecule has 19 heavy (non-hydrogen) atoms. The van der Waals surface area contributed by atoms with Crippen molar-refractivity contribution in [2.75, 3.05) is 0 Å². The maximum Gasteiger partial charge on any atom is 0.0391 e. The van der Waals surface area contributed by atoms with Crippen molar-refractivity contribution in [2.24, 2.45) is 5.92 Å². The Hall–Kier alpha value is -1.12. The molecule has 0 bridgehead atoms. The molecule has 2 heteroatoms. The topological polar surface area (TPSA) is 12.0 Å². The van der Waals surface area contributed by atoms with E-state index in [1.807, 2.05) is 11.3 Å². The first-order chi connectivity index (χ1) is 9.16. The minimum atomic E-state index is 0.406. The lowest BCUT2D eigenvalue weighted by molar-refractivity contribution is 0.396. The van der Waals surface area contributed by atoms with Crippen molar-refractivity contribution in [1.29, 1.82) is 0 Å². The molecule has 1 heterocycles. The summed E-state index contributed by atoms with van der Waals surface area (Å²) in [6.07, 6.45) is 1.17. The van der Waals surface area contributed by atoms with Crippen LogP contribution >= 0.6 is 11.3 Å². The number of thiophene rings is 1. The quantitative estimate of drug-likeness (QED) is 0.764. The molecule has 2 aromatic rings. The summed E-state index contributed by atoms with van der Waals surface area (Å²) in [5.41, 5.74) is 1.39. The fourth-order valence-electron chi connectivity index (χ4n) is 2.38.